The number of carbonyl (C=O) groups excluding carboxylic acids is 1. The van der Waals surface area contributed by atoms with Gasteiger partial charge in [-0.25, -0.2) is 14.4 Å². The molecule has 0 radical (unpaired) electrons. The number of benzene rings is 1. The number of ether oxygens (including phenoxy) is 1. The average Bonchev–Trinajstić information content (AvgIpc) is 2.71. The molecule has 0 saturated carbocycles. The number of carboxylic acid groups (broad SMARTS) is 1. The van der Waals surface area contributed by atoms with Gasteiger partial charge in [-0.15, -0.1) is 0 Å². The van der Waals surface area contributed by atoms with Crippen molar-refractivity contribution in [3.63, 3.8) is 0 Å². The number of methoxy groups -OCH3 is 1. The Morgan fingerprint density at radius 3 is 2.68 bits per heavy atom. The zero-order chi connectivity index (χ0) is 14.2. The van der Waals surface area contributed by atoms with Gasteiger partial charge in [-0.1, -0.05) is 0 Å². The van der Waals surface area contributed by atoms with Crippen LogP contribution in [0.15, 0.2) is 23.0 Å². The molecule has 2 rings (SSSR count). The highest BCUT2D eigenvalue weighted by Crippen LogP contribution is 2.17. The third-order valence-corrected chi connectivity index (χ3v) is 2.89. The molecule has 7 heteroatoms. The Bertz CT molecular complexity index is 712. The van der Waals surface area contributed by atoms with E-state index < -0.39 is 23.7 Å². The second kappa shape index (κ2) is 4.60. The van der Waals surface area contributed by atoms with Crippen molar-refractivity contribution in [1.82, 2.24) is 9.55 Å². The van der Waals surface area contributed by atoms with Crippen molar-refractivity contribution < 1.29 is 19.4 Å². The predicted molar refractivity (Wildman–Crippen MR) is 66.2 cm³/mol. The molecule has 0 fully saturated rings. The first-order valence-corrected chi connectivity index (χ1v) is 5.51. The lowest BCUT2D eigenvalue weighted by Crippen LogP contribution is -2.26. The Kier molecular flexibility index (Phi) is 3.12. The van der Waals surface area contributed by atoms with Crippen molar-refractivity contribution in [2.24, 2.45) is 0 Å². The fourth-order valence-corrected chi connectivity index (χ4v) is 1.92. The molecule has 2 N–H and O–H groups in total. The smallest absolute Gasteiger partial charge is 0.335 e. The van der Waals surface area contributed by atoms with Crippen molar-refractivity contribution in [1.29, 1.82) is 0 Å². The van der Waals surface area contributed by atoms with Gasteiger partial charge >= 0.3 is 17.6 Å². The molecule has 1 heterocycles. The topological polar surface area (TPSA) is 101 Å². The molecule has 100 valence electrons. The Morgan fingerprint density at radius 2 is 2.11 bits per heavy atom. The third-order valence-electron chi connectivity index (χ3n) is 2.89. The first-order valence-electron chi connectivity index (χ1n) is 5.51. The fraction of sp³-hybridized carbons (Fsp3) is 0.250. The van der Waals surface area contributed by atoms with Gasteiger partial charge in [0.25, 0.3) is 0 Å². The zero-order valence-corrected chi connectivity index (χ0v) is 10.3. The minimum Gasteiger partial charge on any atom is -0.478 e. The number of imidazole rings is 1. The normalized spacial score (nSPS) is 12.3. The maximum atomic E-state index is 11.8. The number of fused-ring (bicyclic) bond motifs is 1. The molecular formula is C12H12N2O5. The molecule has 1 unspecified atom stereocenters. The van der Waals surface area contributed by atoms with Crippen LogP contribution in [0.5, 0.6) is 0 Å². The number of nitrogens with zero attached hydrogens (tertiary/aromatic N) is 1. The number of hydrogen-bond donors (Lipinski definition) is 2. The summed E-state index contributed by atoms with van der Waals surface area (Å²) in [4.78, 5) is 36.7. The van der Waals surface area contributed by atoms with E-state index in [-0.39, 0.29) is 5.56 Å². The van der Waals surface area contributed by atoms with Gasteiger partial charge in [-0.05, 0) is 25.1 Å². The molecule has 0 aliphatic rings. The van der Waals surface area contributed by atoms with E-state index in [0.717, 1.165) is 0 Å². The molecule has 2 aromatic rings. The van der Waals surface area contributed by atoms with Gasteiger partial charge in [0.2, 0.25) is 0 Å². The largest absolute Gasteiger partial charge is 0.478 e. The number of carbonyl (C=O) groups is 2. The molecule has 0 bridgehead atoms. The molecule has 0 aliphatic heterocycles. The Balaban J connectivity index is 2.63. The van der Waals surface area contributed by atoms with E-state index in [2.05, 4.69) is 9.72 Å². The number of aromatic amines is 1. The van der Waals surface area contributed by atoms with Crippen LogP contribution in [0.2, 0.25) is 0 Å². The lowest BCUT2D eigenvalue weighted by molar-refractivity contribution is -0.144. The number of H-pyrrole nitrogens is 1. The van der Waals surface area contributed by atoms with Crippen LogP contribution in [0.1, 0.15) is 23.3 Å². The van der Waals surface area contributed by atoms with Crippen LogP contribution in [0.3, 0.4) is 0 Å². The number of aromatic carboxylic acids is 1. The Labute approximate surface area is 107 Å². The second-order valence-corrected chi connectivity index (χ2v) is 4.04. The SMILES string of the molecule is COC(=O)C(C)n1c(=O)[nH]c2cc(C(=O)O)ccc21. The van der Waals surface area contributed by atoms with Crippen molar-refractivity contribution in [2.75, 3.05) is 7.11 Å². The molecule has 0 amide bonds. The highest BCUT2D eigenvalue weighted by Gasteiger charge is 2.20. The number of hydrogen-bond acceptors (Lipinski definition) is 4. The number of rotatable bonds is 3. The maximum Gasteiger partial charge on any atom is 0.335 e. The molecule has 19 heavy (non-hydrogen) atoms. The van der Waals surface area contributed by atoms with E-state index in [9.17, 15) is 14.4 Å². The predicted octanol–water partition coefficient (Wildman–Crippen LogP) is 0.762. The van der Waals surface area contributed by atoms with Crippen molar-refractivity contribution >= 4 is 23.0 Å². The van der Waals surface area contributed by atoms with E-state index in [0.29, 0.717) is 11.0 Å². The van der Waals surface area contributed by atoms with E-state index in [1.54, 1.807) is 0 Å². The van der Waals surface area contributed by atoms with E-state index in [1.165, 1.54) is 36.8 Å². The summed E-state index contributed by atoms with van der Waals surface area (Å²) in [6, 6.07) is 3.41. The van der Waals surface area contributed by atoms with Crippen LogP contribution < -0.4 is 5.69 Å². The van der Waals surface area contributed by atoms with Crippen LogP contribution >= 0.6 is 0 Å². The summed E-state index contributed by atoms with van der Waals surface area (Å²) in [5.41, 5.74) is 0.385. The summed E-state index contributed by atoms with van der Waals surface area (Å²) in [6.07, 6.45) is 0. The molecule has 7 nitrogen and oxygen atoms in total. The summed E-state index contributed by atoms with van der Waals surface area (Å²) in [6.45, 7) is 1.53. The first-order chi connectivity index (χ1) is 8.95. The van der Waals surface area contributed by atoms with Crippen LogP contribution in [-0.4, -0.2) is 33.7 Å². The van der Waals surface area contributed by atoms with Gasteiger partial charge in [-0.3, -0.25) is 4.57 Å². The number of esters is 1. The van der Waals surface area contributed by atoms with Gasteiger partial charge in [-0.2, -0.15) is 0 Å². The average molecular weight is 264 g/mol. The third kappa shape index (κ3) is 2.10. The fourth-order valence-electron chi connectivity index (χ4n) is 1.92. The minimum atomic E-state index is -1.09. The molecule has 0 spiro atoms. The van der Waals surface area contributed by atoms with Crippen LogP contribution in [0, 0.1) is 0 Å². The molecule has 0 saturated heterocycles. The van der Waals surface area contributed by atoms with Gasteiger partial charge < -0.3 is 14.8 Å². The Hall–Kier alpha value is -2.57. The van der Waals surface area contributed by atoms with E-state index in [4.69, 9.17) is 5.11 Å². The lowest BCUT2D eigenvalue weighted by atomic mass is 10.2. The standard InChI is InChI=1S/C12H12N2O5/c1-6(11(17)19-2)14-9-4-3-7(10(15)16)5-8(9)13-12(14)18/h3-6H,1-2H3,(H,13,18)(H,15,16). The highest BCUT2D eigenvalue weighted by atomic mass is 16.5. The van der Waals surface area contributed by atoms with Crippen LogP contribution in [-0.2, 0) is 9.53 Å². The Morgan fingerprint density at radius 1 is 1.42 bits per heavy atom. The summed E-state index contributed by atoms with van der Waals surface area (Å²) in [7, 11) is 1.24. The quantitative estimate of drug-likeness (QED) is 0.797. The summed E-state index contributed by atoms with van der Waals surface area (Å²) < 4.78 is 5.82. The highest BCUT2D eigenvalue weighted by molar-refractivity contribution is 5.92. The summed E-state index contributed by atoms with van der Waals surface area (Å²) in [5, 5.41) is 8.88. The van der Waals surface area contributed by atoms with E-state index >= 15 is 0 Å². The van der Waals surface area contributed by atoms with Gasteiger partial charge in [0.1, 0.15) is 6.04 Å². The first kappa shape index (κ1) is 12.9. The lowest BCUT2D eigenvalue weighted by Gasteiger charge is -2.10. The molecule has 1 aromatic heterocycles. The summed E-state index contributed by atoms with van der Waals surface area (Å²) >= 11 is 0. The summed E-state index contributed by atoms with van der Waals surface area (Å²) in [5.74, 6) is -1.64. The zero-order valence-electron chi connectivity index (χ0n) is 10.3. The van der Waals surface area contributed by atoms with Crippen molar-refractivity contribution in [3.05, 3.63) is 34.2 Å². The molecule has 0 aliphatic carbocycles. The van der Waals surface area contributed by atoms with Gasteiger partial charge in [0, 0.05) is 0 Å². The second-order valence-electron chi connectivity index (χ2n) is 4.04. The number of carboxylic acids is 1. The van der Waals surface area contributed by atoms with Crippen LogP contribution in [0.4, 0.5) is 0 Å². The maximum absolute atomic E-state index is 11.8. The van der Waals surface area contributed by atoms with Gasteiger partial charge in [0.15, 0.2) is 0 Å². The minimum absolute atomic E-state index is 0.0617. The van der Waals surface area contributed by atoms with Crippen molar-refractivity contribution in [2.45, 2.75) is 13.0 Å². The van der Waals surface area contributed by atoms with Crippen LogP contribution in [0.25, 0.3) is 11.0 Å². The number of nitrogens with one attached hydrogen (secondary N) is 1. The number of aromatic nitrogens is 2. The van der Waals surface area contributed by atoms with E-state index in [1.807, 2.05) is 0 Å². The van der Waals surface area contributed by atoms with Gasteiger partial charge in [0.05, 0.1) is 23.7 Å². The van der Waals surface area contributed by atoms with Crippen molar-refractivity contribution in [3.8, 4) is 0 Å². The molecule has 1 atom stereocenters. The molecular weight excluding hydrogens is 252 g/mol. The molecule has 1 aromatic carbocycles. The monoisotopic (exact) mass is 264 g/mol.